The van der Waals surface area contributed by atoms with Crippen molar-refractivity contribution < 1.29 is 0 Å². The molecule has 0 amide bonds. The van der Waals surface area contributed by atoms with E-state index in [9.17, 15) is 0 Å². The molecule has 2 aromatic rings. The number of aromatic nitrogens is 4. The minimum absolute atomic E-state index is 0.731. The minimum Gasteiger partial charge on any atom is -0.258 e. The summed E-state index contributed by atoms with van der Waals surface area (Å²) < 4.78 is 4.25. The molecule has 0 fully saturated rings. The van der Waals surface area contributed by atoms with Crippen molar-refractivity contribution >= 4 is 35.1 Å². The Labute approximate surface area is 76.1 Å². The number of nitrogens with zero attached hydrogens (tertiary/aromatic N) is 3. The average Bonchev–Trinajstić information content (AvgIpc) is 2.57. The Balaban J connectivity index is 0.000000112. The van der Waals surface area contributed by atoms with Crippen LogP contribution in [-0.4, -0.2) is 19.8 Å². The lowest BCUT2D eigenvalue weighted by atomic mass is 11.1. The molecule has 7 heteroatoms. The number of nitrogens with one attached hydrogen (secondary N) is 1. The first-order chi connectivity index (χ1) is 5.39. The number of aromatic amines is 1. The van der Waals surface area contributed by atoms with Gasteiger partial charge in [0.1, 0.15) is 5.51 Å². The van der Waals surface area contributed by atoms with Crippen LogP contribution in [0, 0.1) is 3.95 Å². The fourth-order valence-electron chi connectivity index (χ4n) is 0.316. The zero-order chi connectivity index (χ0) is 7.94. The molecule has 0 aliphatic carbocycles. The van der Waals surface area contributed by atoms with E-state index >= 15 is 0 Å². The number of H-pyrrole nitrogens is 1. The third kappa shape index (κ3) is 3.91. The van der Waals surface area contributed by atoms with Crippen LogP contribution >= 0.6 is 35.1 Å². The van der Waals surface area contributed by atoms with E-state index in [1.54, 1.807) is 11.7 Å². The molecule has 0 aliphatic heterocycles. The van der Waals surface area contributed by atoms with Crippen LogP contribution in [0.25, 0.3) is 0 Å². The van der Waals surface area contributed by atoms with Gasteiger partial charge in [-0.15, -0.1) is 5.10 Å². The summed E-state index contributed by atoms with van der Waals surface area (Å²) in [5.41, 5.74) is 1.67. The second-order valence-electron chi connectivity index (χ2n) is 1.34. The van der Waals surface area contributed by atoms with E-state index in [1.165, 1.54) is 22.9 Å². The van der Waals surface area contributed by atoms with Gasteiger partial charge in [-0.05, 0) is 23.8 Å². The molecule has 0 bridgehead atoms. The maximum atomic E-state index is 4.65. The summed E-state index contributed by atoms with van der Waals surface area (Å²) >= 11 is 7.42. The molecule has 11 heavy (non-hydrogen) atoms. The zero-order valence-corrected chi connectivity index (χ0v) is 7.75. The standard InChI is InChI=1S/C2H2N2S2.C2H2N2S/c5-2-4-3-1-6-2;1-2-5-4-3-1/h1H,(H,4,5);1-2H. The van der Waals surface area contributed by atoms with Crippen LogP contribution in [0.1, 0.15) is 0 Å². The van der Waals surface area contributed by atoms with Crippen molar-refractivity contribution in [3.05, 3.63) is 21.0 Å². The number of rotatable bonds is 0. The third-order valence-electron chi connectivity index (χ3n) is 0.651. The van der Waals surface area contributed by atoms with Crippen LogP contribution in [0.15, 0.2) is 17.1 Å². The van der Waals surface area contributed by atoms with Crippen molar-refractivity contribution in [1.82, 2.24) is 19.8 Å². The van der Waals surface area contributed by atoms with Crippen LogP contribution in [0.4, 0.5) is 0 Å². The van der Waals surface area contributed by atoms with Crippen molar-refractivity contribution in [3.8, 4) is 0 Å². The first-order valence-electron chi connectivity index (χ1n) is 2.59. The fourth-order valence-corrected chi connectivity index (χ4v) is 1.08. The molecular formula is C4H4N4S3. The lowest BCUT2D eigenvalue weighted by Crippen LogP contribution is -1.57. The molecule has 2 heterocycles. The molecule has 0 saturated carbocycles. The van der Waals surface area contributed by atoms with Gasteiger partial charge in [-0.3, -0.25) is 5.10 Å². The molecular weight excluding hydrogens is 200 g/mol. The van der Waals surface area contributed by atoms with Crippen molar-refractivity contribution in [2.45, 2.75) is 0 Å². The summed E-state index contributed by atoms with van der Waals surface area (Å²) in [6.45, 7) is 0. The summed E-state index contributed by atoms with van der Waals surface area (Å²) in [6, 6.07) is 0. The molecule has 2 rings (SSSR count). The Hall–Kier alpha value is -0.660. The van der Waals surface area contributed by atoms with Crippen molar-refractivity contribution in [2.75, 3.05) is 0 Å². The van der Waals surface area contributed by atoms with Crippen LogP contribution in [0.2, 0.25) is 0 Å². The van der Waals surface area contributed by atoms with Gasteiger partial charge < -0.3 is 0 Å². The van der Waals surface area contributed by atoms with Crippen LogP contribution < -0.4 is 0 Å². The largest absolute Gasteiger partial charge is 0.258 e. The van der Waals surface area contributed by atoms with E-state index in [1.807, 2.05) is 5.38 Å². The second-order valence-corrected chi connectivity index (χ2v) is 3.51. The topological polar surface area (TPSA) is 54.5 Å². The van der Waals surface area contributed by atoms with Gasteiger partial charge in [-0.2, -0.15) is 5.10 Å². The molecule has 0 aliphatic rings. The van der Waals surface area contributed by atoms with Crippen LogP contribution in [0.3, 0.4) is 0 Å². The molecule has 0 unspecified atom stereocenters. The highest BCUT2D eigenvalue weighted by Crippen LogP contribution is 1.88. The van der Waals surface area contributed by atoms with E-state index in [-0.39, 0.29) is 0 Å². The fraction of sp³-hybridized carbons (Fsp3) is 0. The monoisotopic (exact) mass is 204 g/mol. The lowest BCUT2D eigenvalue weighted by Gasteiger charge is -1.52. The van der Waals surface area contributed by atoms with E-state index < -0.39 is 0 Å². The molecule has 0 saturated heterocycles. The predicted octanol–water partition coefficient (Wildman–Crippen LogP) is 1.74. The van der Waals surface area contributed by atoms with Gasteiger partial charge >= 0.3 is 0 Å². The minimum atomic E-state index is 0.731. The summed E-state index contributed by atoms with van der Waals surface area (Å²) in [5, 5.41) is 11.5. The van der Waals surface area contributed by atoms with Crippen LogP contribution in [0.5, 0.6) is 0 Å². The Morgan fingerprint density at radius 3 is 2.64 bits per heavy atom. The van der Waals surface area contributed by atoms with Crippen LogP contribution in [-0.2, 0) is 0 Å². The summed E-state index contributed by atoms with van der Waals surface area (Å²) in [6.07, 6.45) is 1.66. The molecule has 2 aromatic heterocycles. The van der Waals surface area contributed by atoms with E-state index in [4.69, 9.17) is 0 Å². The van der Waals surface area contributed by atoms with Gasteiger partial charge in [0.2, 0.25) is 0 Å². The zero-order valence-electron chi connectivity index (χ0n) is 5.30. The van der Waals surface area contributed by atoms with Gasteiger partial charge in [0.05, 0.1) is 6.20 Å². The number of hydrogen-bond acceptors (Lipinski definition) is 6. The Morgan fingerprint density at radius 2 is 2.45 bits per heavy atom. The maximum Gasteiger partial charge on any atom is 0.176 e. The molecule has 58 valence electrons. The average molecular weight is 204 g/mol. The second kappa shape index (κ2) is 5.05. The molecule has 4 nitrogen and oxygen atoms in total. The van der Waals surface area contributed by atoms with Crippen molar-refractivity contribution in [2.24, 2.45) is 0 Å². The maximum absolute atomic E-state index is 4.65. The Morgan fingerprint density at radius 1 is 1.55 bits per heavy atom. The van der Waals surface area contributed by atoms with E-state index in [0.717, 1.165) is 3.95 Å². The highest BCUT2D eigenvalue weighted by Gasteiger charge is 1.68. The Kier molecular flexibility index (Phi) is 3.87. The molecule has 0 radical (unpaired) electrons. The lowest BCUT2D eigenvalue weighted by molar-refractivity contribution is 1.08. The van der Waals surface area contributed by atoms with Gasteiger partial charge in [-0.1, -0.05) is 15.8 Å². The SMILES string of the molecule is S=c1[nH]ncs1.c1csnn1. The summed E-state index contributed by atoms with van der Waals surface area (Å²) in [5.74, 6) is 0. The van der Waals surface area contributed by atoms with Gasteiger partial charge in [0.25, 0.3) is 0 Å². The summed E-state index contributed by atoms with van der Waals surface area (Å²) in [4.78, 5) is 0. The van der Waals surface area contributed by atoms with Gasteiger partial charge in [-0.25, -0.2) is 0 Å². The quantitative estimate of drug-likeness (QED) is 0.664. The summed E-state index contributed by atoms with van der Waals surface area (Å²) in [7, 11) is 0. The first kappa shape index (κ1) is 8.44. The van der Waals surface area contributed by atoms with E-state index in [0.29, 0.717) is 0 Å². The highest BCUT2D eigenvalue weighted by atomic mass is 32.1. The molecule has 0 aromatic carbocycles. The normalized spacial score (nSPS) is 8.36. The Bertz CT molecular complexity index is 276. The van der Waals surface area contributed by atoms with Gasteiger partial charge in [0.15, 0.2) is 3.95 Å². The smallest absolute Gasteiger partial charge is 0.176 e. The predicted molar refractivity (Wildman–Crippen MR) is 47.2 cm³/mol. The molecule has 1 N–H and O–H groups in total. The first-order valence-corrected chi connectivity index (χ1v) is 4.71. The number of hydrogen-bond donors (Lipinski definition) is 1. The van der Waals surface area contributed by atoms with E-state index in [2.05, 4.69) is 32.0 Å². The van der Waals surface area contributed by atoms with Crippen molar-refractivity contribution in [3.63, 3.8) is 0 Å². The van der Waals surface area contributed by atoms with Gasteiger partial charge in [0, 0.05) is 5.38 Å². The highest BCUT2D eigenvalue weighted by molar-refractivity contribution is 7.73. The molecule has 0 spiro atoms. The van der Waals surface area contributed by atoms with Crippen molar-refractivity contribution in [1.29, 1.82) is 0 Å². The molecule has 0 atom stereocenters. The third-order valence-corrected chi connectivity index (χ3v) is 1.98.